The van der Waals surface area contributed by atoms with E-state index < -0.39 is 53.0 Å². The molecule has 4 aliphatic rings. The van der Waals surface area contributed by atoms with Gasteiger partial charge in [-0.05, 0) is 58.6 Å². The van der Waals surface area contributed by atoms with Gasteiger partial charge in [0.05, 0.1) is 5.52 Å². The minimum Gasteiger partial charge on any atom is -0.479 e. The highest BCUT2D eigenvalue weighted by Crippen LogP contribution is 2.46. The Balaban J connectivity index is 1.28. The van der Waals surface area contributed by atoms with Crippen LogP contribution in [0.5, 0.6) is 0 Å². The van der Waals surface area contributed by atoms with Crippen molar-refractivity contribution < 1.29 is 33.8 Å². The standard InChI is InChI=1S/C35H43N5O7/c1-34(2,3)47-33(46)37-26-14-8-6-4-5-7-12-23-17-35(23,32(44)45)38-29(41)28-24-20-39(18-22(24)19-40(28)31(26)43)30(42)27-16-15-21-11-9-10-13-25(21)36-27/h7,9-13,15-16,22-24,26,28H,4-6,8,14,17-20H2,1-3H3,(H,37,46)(H,38,41)(H,44,45)/b12-7-/t22-,23-,24-,26+,28-,35+/m0/s1. The van der Waals surface area contributed by atoms with Crippen LogP contribution in [-0.2, 0) is 19.1 Å². The zero-order valence-corrected chi connectivity index (χ0v) is 27.1. The number of carboxylic acid groups (broad SMARTS) is 1. The number of fused-ring (bicyclic) bond motifs is 5. The number of carbonyl (C=O) groups is 5. The first-order chi connectivity index (χ1) is 22.4. The predicted octanol–water partition coefficient (Wildman–Crippen LogP) is 3.51. The molecule has 0 unspecified atom stereocenters. The number of amides is 4. The van der Waals surface area contributed by atoms with Crippen molar-refractivity contribution in [3.8, 4) is 0 Å². The van der Waals surface area contributed by atoms with Gasteiger partial charge in [-0.25, -0.2) is 14.6 Å². The Morgan fingerprint density at radius 3 is 2.60 bits per heavy atom. The molecule has 0 bridgehead atoms. The summed E-state index contributed by atoms with van der Waals surface area (Å²) in [7, 11) is 0. The first kappa shape index (κ1) is 32.5. The molecule has 1 aliphatic carbocycles. The van der Waals surface area contributed by atoms with Gasteiger partial charge in [0.2, 0.25) is 11.8 Å². The number of rotatable bonds is 3. The number of para-hydroxylation sites is 1. The summed E-state index contributed by atoms with van der Waals surface area (Å²) in [6.07, 6.45) is 6.80. The van der Waals surface area contributed by atoms with E-state index in [4.69, 9.17) is 4.74 Å². The second kappa shape index (κ2) is 12.6. The third-order valence-corrected chi connectivity index (χ3v) is 9.78. The second-order valence-electron chi connectivity index (χ2n) is 14.3. The van der Waals surface area contributed by atoms with Crippen molar-refractivity contribution in [2.75, 3.05) is 19.6 Å². The fourth-order valence-electron chi connectivity index (χ4n) is 7.33. The average Bonchev–Trinajstić information content (AvgIpc) is 3.37. The van der Waals surface area contributed by atoms with Gasteiger partial charge < -0.3 is 30.3 Å². The number of ether oxygens (including phenoxy) is 1. The molecule has 0 radical (unpaired) electrons. The molecule has 1 saturated carbocycles. The van der Waals surface area contributed by atoms with Gasteiger partial charge in [0.25, 0.3) is 5.91 Å². The molecule has 250 valence electrons. The van der Waals surface area contributed by atoms with E-state index in [1.54, 1.807) is 31.7 Å². The monoisotopic (exact) mass is 645 g/mol. The van der Waals surface area contributed by atoms with Crippen LogP contribution in [0, 0.1) is 17.8 Å². The zero-order valence-electron chi connectivity index (χ0n) is 27.1. The Morgan fingerprint density at radius 2 is 1.83 bits per heavy atom. The van der Waals surface area contributed by atoms with E-state index in [1.807, 2.05) is 42.5 Å². The number of nitrogens with zero attached hydrogens (tertiary/aromatic N) is 3. The molecule has 6 rings (SSSR count). The Hall–Kier alpha value is -4.48. The zero-order chi connectivity index (χ0) is 33.5. The van der Waals surface area contributed by atoms with Crippen LogP contribution in [0.4, 0.5) is 4.79 Å². The number of benzene rings is 1. The number of alkyl carbamates (subject to hydrolysis) is 1. The lowest BCUT2D eigenvalue weighted by Gasteiger charge is -2.33. The number of pyridine rings is 1. The summed E-state index contributed by atoms with van der Waals surface area (Å²) >= 11 is 0. The first-order valence-corrected chi connectivity index (χ1v) is 16.5. The number of allylic oxidation sites excluding steroid dienone is 1. The normalized spacial score (nSPS) is 30.2. The molecular formula is C35H43N5O7. The maximum absolute atomic E-state index is 14.3. The fourth-order valence-corrected chi connectivity index (χ4v) is 7.33. The Kier molecular flexibility index (Phi) is 8.71. The van der Waals surface area contributed by atoms with Crippen LogP contribution < -0.4 is 10.6 Å². The minimum atomic E-state index is -1.45. The molecule has 2 aromatic rings. The molecule has 3 N–H and O–H groups in total. The van der Waals surface area contributed by atoms with Gasteiger partial charge in [-0.1, -0.05) is 49.3 Å². The largest absolute Gasteiger partial charge is 0.479 e. The molecular weight excluding hydrogens is 602 g/mol. The number of nitrogens with one attached hydrogen (secondary N) is 2. The highest BCUT2D eigenvalue weighted by atomic mass is 16.6. The van der Waals surface area contributed by atoms with Crippen molar-refractivity contribution in [1.82, 2.24) is 25.4 Å². The maximum Gasteiger partial charge on any atom is 0.408 e. The van der Waals surface area contributed by atoms with Crippen LogP contribution in [0.25, 0.3) is 10.9 Å². The van der Waals surface area contributed by atoms with E-state index in [0.717, 1.165) is 24.6 Å². The van der Waals surface area contributed by atoms with Crippen molar-refractivity contribution in [1.29, 1.82) is 0 Å². The van der Waals surface area contributed by atoms with Crippen molar-refractivity contribution in [2.45, 2.75) is 82.5 Å². The Bertz CT molecular complexity index is 1620. The van der Waals surface area contributed by atoms with E-state index in [0.29, 0.717) is 30.6 Å². The molecule has 12 nitrogen and oxygen atoms in total. The lowest BCUT2D eigenvalue weighted by atomic mass is 9.93. The molecule has 47 heavy (non-hydrogen) atoms. The molecule has 1 aromatic carbocycles. The summed E-state index contributed by atoms with van der Waals surface area (Å²) in [5, 5.41) is 16.7. The van der Waals surface area contributed by atoms with Crippen molar-refractivity contribution >= 4 is 40.7 Å². The fraction of sp³-hybridized carbons (Fsp3) is 0.543. The van der Waals surface area contributed by atoms with Crippen LogP contribution in [-0.4, -0.2) is 92.5 Å². The molecule has 12 heteroatoms. The molecule has 4 amide bonds. The third kappa shape index (κ3) is 6.68. The van der Waals surface area contributed by atoms with E-state index in [-0.39, 0.29) is 37.3 Å². The number of hydrogen-bond acceptors (Lipinski definition) is 7. The van der Waals surface area contributed by atoms with Crippen LogP contribution in [0.3, 0.4) is 0 Å². The molecule has 3 aliphatic heterocycles. The van der Waals surface area contributed by atoms with Gasteiger partial charge in [-0.15, -0.1) is 0 Å². The topological polar surface area (TPSA) is 158 Å². The quantitative estimate of drug-likeness (QED) is 0.428. The number of aliphatic carboxylic acids is 1. The number of carbonyl (C=O) groups excluding carboxylic acids is 4. The van der Waals surface area contributed by atoms with Crippen LogP contribution in [0.15, 0.2) is 48.6 Å². The van der Waals surface area contributed by atoms with E-state index in [2.05, 4.69) is 15.6 Å². The van der Waals surface area contributed by atoms with Gasteiger partial charge in [-0.2, -0.15) is 0 Å². The van der Waals surface area contributed by atoms with Crippen LogP contribution >= 0.6 is 0 Å². The van der Waals surface area contributed by atoms with Gasteiger partial charge in [0.1, 0.15) is 28.9 Å². The number of hydrogen-bond donors (Lipinski definition) is 3. The number of carboxylic acids is 1. The lowest BCUT2D eigenvalue weighted by Crippen LogP contribution is -2.58. The van der Waals surface area contributed by atoms with Gasteiger partial charge in [-0.3, -0.25) is 14.4 Å². The number of likely N-dealkylation sites (tertiary alicyclic amines) is 1. The van der Waals surface area contributed by atoms with Crippen molar-refractivity contribution in [3.05, 3.63) is 54.2 Å². The number of aromatic nitrogens is 1. The predicted molar refractivity (Wildman–Crippen MR) is 172 cm³/mol. The van der Waals surface area contributed by atoms with Crippen LogP contribution in [0.2, 0.25) is 0 Å². The molecule has 0 spiro atoms. The summed E-state index contributed by atoms with van der Waals surface area (Å²) in [4.78, 5) is 75.1. The molecule has 1 aromatic heterocycles. The summed E-state index contributed by atoms with van der Waals surface area (Å²) in [5.74, 6) is -3.36. The van der Waals surface area contributed by atoms with E-state index in [1.165, 1.54) is 4.90 Å². The Labute approximate surface area is 273 Å². The third-order valence-electron chi connectivity index (χ3n) is 9.78. The van der Waals surface area contributed by atoms with Crippen molar-refractivity contribution in [3.63, 3.8) is 0 Å². The smallest absolute Gasteiger partial charge is 0.408 e. The van der Waals surface area contributed by atoms with Crippen LogP contribution in [0.1, 0.15) is 69.8 Å². The summed E-state index contributed by atoms with van der Waals surface area (Å²) in [6.45, 7) is 5.92. The minimum absolute atomic E-state index is 0.187. The summed E-state index contributed by atoms with van der Waals surface area (Å²) < 4.78 is 5.47. The SMILES string of the molecule is CC(C)(C)OC(=O)N[C@@H]1CCCCC/C=C\[C@H]2C[C@@]2(C(=O)O)NC(=O)[C@@H]2[C@H]3CN(C(=O)c4ccc5ccccc5n4)C[C@H]3CN2C1=O. The van der Waals surface area contributed by atoms with Gasteiger partial charge in [0, 0.05) is 42.8 Å². The van der Waals surface area contributed by atoms with Crippen molar-refractivity contribution in [2.24, 2.45) is 17.8 Å². The molecule has 6 atom stereocenters. The van der Waals surface area contributed by atoms with E-state index in [9.17, 15) is 29.1 Å². The van der Waals surface area contributed by atoms with Gasteiger partial charge in [0.15, 0.2) is 0 Å². The van der Waals surface area contributed by atoms with Gasteiger partial charge >= 0.3 is 12.1 Å². The molecule has 3 fully saturated rings. The average molecular weight is 646 g/mol. The summed E-state index contributed by atoms with van der Waals surface area (Å²) in [5.41, 5.74) is -1.22. The highest BCUT2D eigenvalue weighted by molar-refractivity contribution is 5.97. The molecule has 2 saturated heterocycles. The highest BCUT2D eigenvalue weighted by Gasteiger charge is 2.62. The summed E-state index contributed by atoms with van der Waals surface area (Å²) in [6, 6.07) is 9.12. The van der Waals surface area contributed by atoms with E-state index >= 15 is 0 Å². The Morgan fingerprint density at radius 1 is 1.04 bits per heavy atom. The first-order valence-electron chi connectivity index (χ1n) is 16.5. The maximum atomic E-state index is 14.3. The molecule has 4 heterocycles. The lowest BCUT2D eigenvalue weighted by molar-refractivity contribution is -0.146. The second-order valence-corrected chi connectivity index (χ2v) is 14.3.